The van der Waals surface area contributed by atoms with E-state index >= 15 is 0 Å². The summed E-state index contributed by atoms with van der Waals surface area (Å²) in [7, 11) is 0. The van der Waals surface area contributed by atoms with Gasteiger partial charge in [0.15, 0.2) is 28.8 Å². The van der Waals surface area contributed by atoms with Crippen molar-refractivity contribution >= 4 is 52.4 Å². The highest BCUT2D eigenvalue weighted by atomic mass is 16.5. The number of rotatable bonds is 10. The normalized spacial score (nSPS) is 11.8. The number of aliphatic carboxylic acids is 1. The molecular formula is C30H24N4O14. The van der Waals surface area contributed by atoms with E-state index in [-0.39, 0.29) is 60.9 Å². The van der Waals surface area contributed by atoms with Crippen LogP contribution in [-0.2, 0) is 48.3 Å². The molecule has 0 bridgehead atoms. The first-order chi connectivity index (χ1) is 22.8. The maximum atomic E-state index is 13.7. The van der Waals surface area contributed by atoms with Crippen LogP contribution in [0.2, 0.25) is 0 Å². The monoisotopic (exact) mass is 664 g/mol. The summed E-state index contributed by atoms with van der Waals surface area (Å²) in [4.78, 5) is 78.6. The fourth-order valence-electron chi connectivity index (χ4n) is 4.67. The van der Waals surface area contributed by atoms with Crippen molar-refractivity contribution in [2.24, 2.45) is 0 Å². The van der Waals surface area contributed by atoms with Crippen LogP contribution >= 0.6 is 0 Å². The molecule has 5 rings (SSSR count). The molecule has 18 heteroatoms. The third-order valence-corrected chi connectivity index (χ3v) is 6.83. The van der Waals surface area contributed by atoms with Crippen molar-refractivity contribution in [2.45, 2.75) is 32.4 Å². The Balaban J connectivity index is 0.00000167. The number of hydrogen-bond donors (Lipinski definition) is 6. The Morgan fingerprint density at radius 1 is 1.04 bits per heavy atom. The molecule has 2 aromatic carbocycles. The summed E-state index contributed by atoms with van der Waals surface area (Å²) in [6, 6.07) is 3.36. The molecule has 6 N–H and O–H groups in total. The minimum Gasteiger partial charge on any atom is -0.504 e. The second kappa shape index (κ2) is 14.5. The third-order valence-electron chi connectivity index (χ3n) is 6.83. The number of hydrogen-bond acceptors (Lipinski definition) is 15. The molecule has 0 fully saturated rings. The van der Waals surface area contributed by atoms with Gasteiger partial charge >= 0.3 is 18.1 Å². The Hall–Kier alpha value is -6.81. The van der Waals surface area contributed by atoms with Crippen LogP contribution in [0.5, 0.6) is 23.0 Å². The van der Waals surface area contributed by atoms with Gasteiger partial charge in [0.05, 0.1) is 17.1 Å². The lowest BCUT2D eigenvalue weighted by molar-refractivity contribution is -0.191. The number of esters is 1. The van der Waals surface area contributed by atoms with Crippen molar-refractivity contribution in [2.75, 3.05) is 6.54 Å². The van der Waals surface area contributed by atoms with Crippen LogP contribution in [0, 0.1) is 0 Å². The van der Waals surface area contributed by atoms with Gasteiger partial charge in [0.2, 0.25) is 11.3 Å². The number of aromatic nitrogens is 3. The molecule has 0 radical (unpaired) electrons. The summed E-state index contributed by atoms with van der Waals surface area (Å²) in [5, 5.41) is 58.7. The molecule has 0 aliphatic heterocycles. The first kappa shape index (κ1) is 34.1. The largest absolute Gasteiger partial charge is 0.504 e. The second-order valence-electron chi connectivity index (χ2n) is 10.1. The van der Waals surface area contributed by atoms with E-state index in [0.717, 1.165) is 17.0 Å². The lowest BCUT2D eigenvalue weighted by Crippen LogP contribution is -2.28. The average Bonchev–Trinajstić information content (AvgIpc) is 3.47. The van der Waals surface area contributed by atoms with E-state index in [1.165, 1.54) is 24.4 Å². The molecule has 0 spiro atoms. The van der Waals surface area contributed by atoms with Crippen LogP contribution in [0.25, 0.3) is 22.6 Å². The van der Waals surface area contributed by atoms with Gasteiger partial charge in [-0.15, -0.1) is 5.10 Å². The summed E-state index contributed by atoms with van der Waals surface area (Å²) in [5.74, 6) is -5.84. The zero-order valence-corrected chi connectivity index (χ0v) is 24.5. The molecule has 0 saturated carbocycles. The lowest BCUT2D eigenvalue weighted by atomic mass is 9.87. The predicted molar refractivity (Wildman–Crippen MR) is 156 cm³/mol. The van der Waals surface area contributed by atoms with Gasteiger partial charge in [-0.05, 0) is 35.8 Å². The Morgan fingerprint density at radius 2 is 1.75 bits per heavy atom. The number of amides is 1. The van der Waals surface area contributed by atoms with Crippen molar-refractivity contribution in [1.29, 1.82) is 0 Å². The topological polar surface area (TPSA) is 286 Å². The van der Waals surface area contributed by atoms with Gasteiger partial charge in [-0.1, -0.05) is 5.21 Å². The number of carbonyl (C=O) groups is 4. The zero-order valence-electron chi connectivity index (χ0n) is 24.5. The number of allylic oxidation sites excluding steroid dienone is 1. The van der Waals surface area contributed by atoms with Crippen LogP contribution in [-0.4, -0.2) is 76.9 Å². The van der Waals surface area contributed by atoms with Crippen molar-refractivity contribution < 1.29 is 63.5 Å². The number of aromatic hydroxyl groups is 4. The van der Waals surface area contributed by atoms with E-state index in [1.807, 2.05) is 0 Å². The standard InChI is InChI=1S/C29H24N4O12.CO2/c34-18-5-14-7-20(36)19(35)6-13(14)4-16(18)17-12-44-22-8-21(37)28(42)26(25(22)27(17)41)29(43)45-11-15-9-33(32-31-15)10-23(38)30-3-1-2-24(39)40;2-1-3/h4,6-9,12,35-37,42H,1-3,5,10-11H2,(H,30,38)(H,39,40);. The number of Topliss-reactive ketones (excluding diaryl/α,β-unsaturated/α-hetero) is 1. The second-order valence-corrected chi connectivity index (χ2v) is 10.1. The molecule has 2 aromatic heterocycles. The number of benzene rings is 2. The predicted octanol–water partition coefficient (Wildman–Crippen LogP) is 0.627. The SMILES string of the molecule is O=C(O)CCCNC(=O)Cn1cc(COC(=O)c2c(O)c(O)cc3occ(C4=Cc5cc(O)c(O)cc5CC4=O)c(=O)c23)nn1.O=C=O. The lowest BCUT2D eigenvalue weighted by Gasteiger charge is -2.17. The van der Waals surface area contributed by atoms with E-state index in [9.17, 15) is 44.4 Å². The highest BCUT2D eigenvalue weighted by molar-refractivity contribution is 6.28. The summed E-state index contributed by atoms with van der Waals surface area (Å²) in [5.41, 5.74) is -1.46. The Labute approximate surface area is 267 Å². The highest BCUT2D eigenvalue weighted by Crippen LogP contribution is 2.38. The van der Waals surface area contributed by atoms with Crippen molar-refractivity contribution in [3.8, 4) is 23.0 Å². The van der Waals surface area contributed by atoms with Gasteiger partial charge < -0.3 is 40.0 Å². The van der Waals surface area contributed by atoms with E-state index in [0.29, 0.717) is 11.1 Å². The van der Waals surface area contributed by atoms with Gasteiger partial charge in [0.25, 0.3) is 0 Å². The maximum Gasteiger partial charge on any atom is 0.373 e. The molecule has 0 atom stereocenters. The van der Waals surface area contributed by atoms with E-state index in [4.69, 9.17) is 23.8 Å². The van der Waals surface area contributed by atoms with Crippen LogP contribution < -0.4 is 10.7 Å². The first-order valence-corrected chi connectivity index (χ1v) is 13.7. The van der Waals surface area contributed by atoms with Crippen LogP contribution in [0.1, 0.15) is 45.6 Å². The number of phenols is 4. The number of phenolic OH excluding ortho intramolecular Hbond substituents is 4. The molecule has 18 nitrogen and oxygen atoms in total. The number of ketones is 1. The van der Waals surface area contributed by atoms with Crippen LogP contribution in [0.4, 0.5) is 0 Å². The number of nitrogens with one attached hydrogen (secondary N) is 1. The van der Waals surface area contributed by atoms with Gasteiger partial charge in [0, 0.05) is 31.0 Å². The molecule has 0 saturated heterocycles. The Bertz CT molecular complexity index is 2070. The summed E-state index contributed by atoms with van der Waals surface area (Å²) in [6.45, 7) is -0.624. The maximum absolute atomic E-state index is 13.7. The minimum absolute atomic E-state index is 0.0876. The molecule has 1 amide bonds. The number of fused-ring (bicyclic) bond motifs is 2. The summed E-state index contributed by atoms with van der Waals surface area (Å²) < 4.78 is 11.8. The quantitative estimate of drug-likeness (QED) is 0.0769. The molecule has 2 heterocycles. The van der Waals surface area contributed by atoms with Crippen molar-refractivity contribution in [3.05, 3.63) is 68.8 Å². The minimum atomic E-state index is -1.25. The smallest absolute Gasteiger partial charge is 0.373 e. The van der Waals surface area contributed by atoms with E-state index < -0.39 is 69.6 Å². The first-order valence-electron chi connectivity index (χ1n) is 13.7. The Kier molecular flexibility index (Phi) is 10.3. The average molecular weight is 665 g/mol. The van der Waals surface area contributed by atoms with E-state index in [1.54, 1.807) is 0 Å². The number of carbonyl (C=O) groups excluding carboxylic acids is 5. The highest BCUT2D eigenvalue weighted by Gasteiger charge is 2.29. The number of carboxylic acid groups (broad SMARTS) is 1. The van der Waals surface area contributed by atoms with Crippen molar-refractivity contribution in [3.63, 3.8) is 0 Å². The molecule has 248 valence electrons. The summed E-state index contributed by atoms with van der Waals surface area (Å²) >= 11 is 0. The van der Waals surface area contributed by atoms with Gasteiger partial charge in [-0.25, -0.2) is 9.48 Å². The van der Waals surface area contributed by atoms with Gasteiger partial charge in [-0.2, -0.15) is 9.59 Å². The fourth-order valence-corrected chi connectivity index (χ4v) is 4.67. The number of ether oxygens (including phenoxy) is 1. The fraction of sp³-hybridized carbons (Fsp3) is 0.200. The van der Waals surface area contributed by atoms with Crippen molar-refractivity contribution in [1.82, 2.24) is 20.3 Å². The summed E-state index contributed by atoms with van der Waals surface area (Å²) in [6.07, 6.45) is 3.76. The van der Waals surface area contributed by atoms with Crippen LogP contribution in [0.15, 0.2) is 39.9 Å². The molecule has 1 aliphatic rings. The van der Waals surface area contributed by atoms with Gasteiger partial charge in [-0.3, -0.25) is 19.2 Å². The molecule has 0 unspecified atom stereocenters. The van der Waals surface area contributed by atoms with Gasteiger partial charge in [0.1, 0.15) is 36.3 Å². The van der Waals surface area contributed by atoms with E-state index in [2.05, 4.69) is 15.6 Å². The third kappa shape index (κ3) is 7.52. The molecule has 4 aromatic rings. The van der Waals surface area contributed by atoms with Crippen LogP contribution in [0.3, 0.4) is 0 Å². The number of nitrogens with zero attached hydrogens (tertiary/aromatic N) is 3. The number of carboxylic acids is 1. The molecule has 1 aliphatic carbocycles. The Morgan fingerprint density at radius 3 is 2.46 bits per heavy atom. The molecule has 48 heavy (non-hydrogen) atoms. The molecular weight excluding hydrogens is 640 g/mol. The zero-order chi connectivity index (χ0) is 35.1.